The molecular formula is C40H51F3O5. The zero-order valence-corrected chi connectivity index (χ0v) is 28.5. The first kappa shape index (κ1) is 38.6. The molecule has 0 spiro atoms. The van der Waals surface area contributed by atoms with Crippen LogP contribution in [0.25, 0.3) is 11.1 Å². The van der Waals surface area contributed by atoms with Crippen molar-refractivity contribution in [3.05, 3.63) is 83.9 Å². The van der Waals surface area contributed by atoms with Crippen LogP contribution >= 0.6 is 0 Å². The van der Waals surface area contributed by atoms with Gasteiger partial charge < -0.3 is 14.2 Å². The van der Waals surface area contributed by atoms with E-state index < -0.39 is 24.2 Å². The van der Waals surface area contributed by atoms with Gasteiger partial charge in [0.1, 0.15) is 11.5 Å². The first-order chi connectivity index (χ1) is 23.2. The molecule has 0 aromatic heterocycles. The number of alkyl halides is 3. The van der Waals surface area contributed by atoms with Crippen molar-refractivity contribution < 1.29 is 37.0 Å². The minimum atomic E-state index is -4.64. The second kappa shape index (κ2) is 21.2. The Bertz CT molecular complexity index is 1340. The Morgan fingerprint density at radius 1 is 0.562 bits per heavy atom. The van der Waals surface area contributed by atoms with Crippen LogP contribution in [0.4, 0.5) is 13.2 Å². The van der Waals surface area contributed by atoms with Crippen molar-refractivity contribution >= 4 is 11.9 Å². The number of halogens is 3. The van der Waals surface area contributed by atoms with Gasteiger partial charge in [-0.05, 0) is 78.9 Å². The molecule has 5 nitrogen and oxygen atoms in total. The summed E-state index contributed by atoms with van der Waals surface area (Å²) in [6.45, 7) is 4.92. The molecule has 3 aromatic carbocycles. The molecule has 0 aliphatic carbocycles. The average molecular weight is 669 g/mol. The molecule has 8 heteroatoms. The largest absolute Gasteiger partial charge is 0.494 e. The summed E-state index contributed by atoms with van der Waals surface area (Å²) in [5, 5.41) is 0. The quantitative estimate of drug-likeness (QED) is 0.0606. The maximum atomic E-state index is 13.4. The zero-order chi connectivity index (χ0) is 34.6. The monoisotopic (exact) mass is 668 g/mol. The number of ether oxygens (including phenoxy) is 3. The lowest BCUT2D eigenvalue weighted by Gasteiger charge is -2.20. The lowest BCUT2D eigenvalue weighted by atomic mass is 10.0. The molecule has 0 heterocycles. The topological polar surface area (TPSA) is 61.8 Å². The molecule has 0 N–H and O–H groups in total. The van der Waals surface area contributed by atoms with Crippen LogP contribution in [0, 0.1) is 0 Å². The minimum Gasteiger partial charge on any atom is -0.494 e. The second-order valence-corrected chi connectivity index (χ2v) is 12.3. The summed E-state index contributed by atoms with van der Waals surface area (Å²) in [5.74, 6) is -0.690. The molecule has 0 amide bonds. The lowest BCUT2D eigenvalue weighted by Crippen LogP contribution is -2.33. The summed E-state index contributed by atoms with van der Waals surface area (Å²) in [6.07, 6.45) is 8.47. The molecule has 3 rings (SSSR count). The molecule has 0 radical (unpaired) electrons. The van der Waals surface area contributed by atoms with Gasteiger partial charge in [0, 0.05) is 0 Å². The van der Waals surface area contributed by atoms with E-state index in [-0.39, 0.29) is 17.7 Å². The number of unbranched alkanes of at least 4 members (excludes halogenated alkanes) is 12. The van der Waals surface area contributed by atoms with Crippen molar-refractivity contribution in [2.75, 3.05) is 6.61 Å². The van der Waals surface area contributed by atoms with Crippen LogP contribution in [0.2, 0.25) is 0 Å². The Kier molecular flexibility index (Phi) is 17.1. The molecule has 48 heavy (non-hydrogen) atoms. The standard InChI is InChI=1S/C40H51F3O5/c1-3-5-7-9-10-11-12-13-14-16-30-46-35-26-22-32(23-27-35)31-18-20-33(21-19-31)38(44)47-36-28-24-34(25-29-36)39(45)48-37(40(41,42)43)17-15-8-6-4-2/h18-29,37H,3-17,30H2,1-2H3. The zero-order valence-electron chi connectivity index (χ0n) is 28.5. The van der Waals surface area contributed by atoms with E-state index in [4.69, 9.17) is 14.2 Å². The van der Waals surface area contributed by atoms with Gasteiger partial charge in [0.15, 0.2) is 6.10 Å². The van der Waals surface area contributed by atoms with E-state index >= 15 is 0 Å². The van der Waals surface area contributed by atoms with E-state index in [1.807, 2.05) is 43.3 Å². The fourth-order valence-corrected chi connectivity index (χ4v) is 5.39. The second-order valence-electron chi connectivity index (χ2n) is 12.3. The molecule has 0 saturated heterocycles. The van der Waals surface area contributed by atoms with Gasteiger partial charge in [-0.2, -0.15) is 13.2 Å². The van der Waals surface area contributed by atoms with Crippen LogP contribution in [0.3, 0.4) is 0 Å². The predicted octanol–water partition coefficient (Wildman–Crippen LogP) is 11.9. The summed E-state index contributed by atoms with van der Waals surface area (Å²) in [5.41, 5.74) is 2.18. The number of esters is 2. The fourth-order valence-electron chi connectivity index (χ4n) is 5.39. The maximum absolute atomic E-state index is 13.4. The third-order valence-corrected chi connectivity index (χ3v) is 8.31. The van der Waals surface area contributed by atoms with E-state index in [0.717, 1.165) is 36.1 Å². The summed E-state index contributed by atoms with van der Waals surface area (Å²) in [7, 11) is 0. The highest BCUT2D eigenvalue weighted by atomic mass is 19.4. The van der Waals surface area contributed by atoms with Crippen LogP contribution in [-0.2, 0) is 4.74 Å². The van der Waals surface area contributed by atoms with Gasteiger partial charge in [-0.25, -0.2) is 9.59 Å². The summed E-state index contributed by atoms with van der Waals surface area (Å²) >= 11 is 0. The van der Waals surface area contributed by atoms with Crippen molar-refractivity contribution in [3.8, 4) is 22.6 Å². The van der Waals surface area contributed by atoms with Gasteiger partial charge in [-0.3, -0.25) is 0 Å². The van der Waals surface area contributed by atoms with Gasteiger partial charge in [0.05, 0.1) is 17.7 Å². The minimum absolute atomic E-state index is 0.0582. The first-order valence-electron chi connectivity index (χ1n) is 17.6. The van der Waals surface area contributed by atoms with E-state index in [1.54, 1.807) is 12.1 Å². The van der Waals surface area contributed by atoms with Crippen molar-refractivity contribution in [2.24, 2.45) is 0 Å². The number of hydrogen-bond acceptors (Lipinski definition) is 5. The third kappa shape index (κ3) is 14.1. The molecule has 0 bridgehead atoms. The van der Waals surface area contributed by atoms with Gasteiger partial charge in [-0.15, -0.1) is 0 Å². The Labute approximate surface area is 284 Å². The maximum Gasteiger partial charge on any atom is 0.425 e. The summed E-state index contributed by atoms with van der Waals surface area (Å²) in [6, 6.07) is 20.1. The Hall–Kier alpha value is -3.81. The first-order valence-corrected chi connectivity index (χ1v) is 17.6. The molecule has 1 unspecified atom stereocenters. The molecule has 0 aliphatic rings. The molecule has 0 fully saturated rings. The van der Waals surface area contributed by atoms with Crippen LogP contribution in [0.15, 0.2) is 72.8 Å². The van der Waals surface area contributed by atoms with E-state index in [2.05, 4.69) is 6.92 Å². The molecule has 1 atom stereocenters. The summed E-state index contributed by atoms with van der Waals surface area (Å²) < 4.78 is 56.3. The fraction of sp³-hybridized carbons (Fsp3) is 0.500. The Balaban J connectivity index is 1.41. The highest BCUT2D eigenvalue weighted by Crippen LogP contribution is 2.29. The third-order valence-electron chi connectivity index (χ3n) is 8.31. The van der Waals surface area contributed by atoms with Crippen molar-refractivity contribution in [2.45, 2.75) is 122 Å². The number of carbonyl (C=O) groups is 2. The van der Waals surface area contributed by atoms with Crippen LogP contribution in [-0.4, -0.2) is 30.8 Å². The highest BCUT2D eigenvalue weighted by molar-refractivity contribution is 5.92. The Morgan fingerprint density at radius 2 is 1.00 bits per heavy atom. The van der Waals surface area contributed by atoms with Crippen molar-refractivity contribution in [1.29, 1.82) is 0 Å². The van der Waals surface area contributed by atoms with Crippen LogP contribution in [0.1, 0.15) is 131 Å². The average Bonchev–Trinajstić information content (AvgIpc) is 3.08. The smallest absolute Gasteiger partial charge is 0.425 e. The summed E-state index contributed by atoms with van der Waals surface area (Å²) in [4.78, 5) is 25.1. The normalized spacial score (nSPS) is 12.0. The SMILES string of the molecule is CCCCCCCCCCCCOc1ccc(-c2ccc(C(=O)Oc3ccc(C(=O)OC(CCCCCC)C(F)(F)F)cc3)cc2)cc1. The van der Waals surface area contributed by atoms with Gasteiger partial charge in [-0.1, -0.05) is 115 Å². The highest BCUT2D eigenvalue weighted by Gasteiger charge is 2.42. The molecular weight excluding hydrogens is 617 g/mol. The van der Waals surface area contributed by atoms with Crippen molar-refractivity contribution in [3.63, 3.8) is 0 Å². The number of benzene rings is 3. The van der Waals surface area contributed by atoms with Gasteiger partial charge in [0.2, 0.25) is 0 Å². The van der Waals surface area contributed by atoms with Gasteiger partial charge >= 0.3 is 18.1 Å². The lowest BCUT2D eigenvalue weighted by molar-refractivity contribution is -0.206. The molecule has 262 valence electrons. The van der Waals surface area contributed by atoms with Crippen molar-refractivity contribution in [1.82, 2.24) is 0 Å². The predicted molar refractivity (Wildman–Crippen MR) is 185 cm³/mol. The van der Waals surface area contributed by atoms with Gasteiger partial charge in [0.25, 0.3) is 0 Å². The number of hydrogen-bond donors (Lipinski definition) is 0. The van der Waals surface area contributed by atoms with E-state index in [0.29, 0.717) is 25.0 Å². The number of carbonyl (C=O) groups excluding carboxylic acids is 2. The van der Waals surface area contributed by atoms with E-state index in [9.17, 15) is 22.8 Å². The number of rotatable bonds is 22. The Morgan fingerprint density at radius 3 is 1.54 bits per heavy atom. The van der Waals surface area contributed by atoms with Crippen LogP contribution < -0.4 is 9.47 Å². The molecule has 0 saturated carbocycles. The molecule has 3 aromatic rings. The molecule has 0 aliphatic heterocycles. The van der Waals surface area contributed by atoms with E-state index in [1.165, 1.54) is 82.1 Å². The van der Waals surface area contributed by atoms with Crippen LogP contribution in [0.5, 0.6) is 11.5 Å².